The Balaban J connectivity index is 1.39. The fraction of sp³-hybridized carbons (Fsp3) is 0.370. The van der Waals surface area contributed by atoms with E-state index in [-0.39, 0.29) is 17.9 Å². The highest BCUT2D eigenvalue weighted by Crippen LogP contribution is 2.51. The number of amides is 1. The van der Waals surface area contributed by atoms with Gasteiger partial charge in [0.05, 0.1) is 19.4 Å². The number of anilines is 1. The molecule has 1 aliphatic heterocycles. The standard InChI is InChI=1S/C27H29N5O3/c1-35-22-8-6-21(7-9-22)32-25-23(24(18-28)30-32)10-16-31(26(25)34)20-4-2-19(3-5-20)27(11-12-27)13-14-29-15-17-33/h2-9,29,33H,10-17H2,1H3. The van der Waals surface area contributed by atoms with Crippen molar-refractivity contribution < 1.29 is 14.6 Å². The third-order valence-corrected chi connectivity index (χ3v) is 7.15. The summed E-state index contributed by atoms with van der Waals surface area (Å²) in [5, 5.41) is 26.3. The molecule has 8 heteroatoms. The lowest BCUT2D eigenvalue weighted by Gasteiger charge is -2.28. The van der Waals surface area contributed by atoms with E-state index in [0.29, 0.717) is 47.9 Å². The largest absolute Gasteiger partial charge is 0.497 e. The summed E-state index contributed by atoms with van der Waals surface area (Å²) < 4.78 is 6.82. The summed E-state index contributed by atoms with van der Waals surface area (Å²) in [6.45, 7) is 2.16. The topological polar surface area (TPSA) is 103 Å². The number of fused-ring (bicyclic) bond motifs is 1. The van der Waals surface area contributed by atoms with Gasteiger partial charge in [-0.2, -0.15) is 10.4 Å². The SMILES string of the molecule is COc1ccc(-n2nc(C#N)c3c2C(=O)N(c2ccc(C4(CCNCCO)CC4)cc2)CC3)cc1. The first kappa shape index (κ1) is 23.1. The zero-order chi connectivity index (χ0) is 24.4. The van der Waals surface area contributed by atoms with Crippen LogP contribution in [0.1, 0.15) is 46.6 Å². The minimum atomic E-state index is -0.154. The Bertz CT molecular complexity index is 1250. The van der Waals surface area contributed by atoms with E-state index in [9.17, 15) is 10.1 Å². The summed E-state index contributed by atoms with van der Waals surface area (Å²) in [5.74, 6) is 0.555. The maximum atomic E-state index is 13.7. The van der Waals surface area contributed by atoms with Gasteiger partial charge in [0.2, 0.25) is 0 Å². The van der Waals surface area contributed by atoms with Crippen molar-refractivity contribution in [2.24, 2.45) is 0 Å². The molecule has 0 unspecified atom stereocenters. The van der Waals surface area contributed by atoms with Gasteiger partial charge in [0.15, 0.2) is 5.69 Å². The van der Waals surface area contributed by atoms with Crippen molar-refractivity contribution in [1.82, 2.24) is 15.1 Å². The molecule has 0 bridgehead atoms. The number of aliphatic hydroxyl groups is 1. The van der Waals surface area contributed by atoms with E-state index in [1.807, 2.05) is 36.4 Å². The number of nitriles is 1. The van der Waals surface area contributed by atoms with Crippen molar-refractivity contribution in [3.05, 3.63) is 71.0 Å². The second-order valence-corrected chi connectivity index (χ2v) is 9.16. The molecule has 2 aromatic carbocycles. The van der Waals surface area contributed by atoms with E-state index in [1.165, 1.54) is 5.56 Å². The van der Waals surface area contributed by atoms with Crippen LogP contribution in [0.2, 0.25) is 0 Å². The third-order valence-electron chi connectivity index (χ3n) is 7.15. The fourth-order valence-corrected chi connectivity index (χ4v) is 4.97. The number of carbonyl (C=O) groups excluding carboxylic acids is 1. The number of nitrogens with zero attached hydrogens (tertiary/aromatic N) is 4. The number of benzene rings is 2. The number of rotatable bonds is 9. The second-order valence-electron chi connectivity index (χ2n) is 9.16. The summed E-state index contributed by atoms with van der Waals surface area (Å²) in [5.41, 5.74) is 4.49. The number of methoxy groups -OCH3 is 1. The summed E-state index contributed by atoms with van der Waals surface area (Å²) in [4.78, 5) is 15.4. The minimum absolute atomic E-state index is 0.153. The minimum Gasteiger partial charge on any atom is -0.497 e. The average Bonchev–Trinajstić information content (AvgIpc) is 3.59. The number of aromatic nitrogens is 2. The summed E-state index contributed by atoms with van der Waals surface area (Å²) in [6, 6.07) is 17.8. The number of aliphatic hydroxyl groups excluding tert-OH is 1. The highest BCUT2D eigenvalue weighted by Gasteiger charge is 2.43. The van der Waals surface area contributed by atoms with E-state index in [2.05, 4.69) is 28.6 Å². The van der Waals surface area contributed by atoms with Crippen molar-refractivity contribution in [2.45, 2.75) is 31.1 Å². The molecule has 35 heavy (non-hydrogen) atoms. The van der Waals surface area contributed by atoms with E-state index in [1.54, 1.807) is 16.7 Å². The molecule has 2 N–H and O–H groups in total. The Hall–Kier alpha value is -3.67. The number of hydrogen-bond donors (Lipinski definition) is 2. The molecular formula is C27H29N5O3. The van der Waals surface area contributed by atoms with Crippen LogP contribution >= 0.6 is 0 Å². The number of hydrogen-bond acceptors (Lipinski definition) is 6. The lowest BCUT2D eigenvalue weighted by molar-refractivity contribution is 0.0973. The molecule has 0 atom stereocenters. The molecule has 1 aliphatic carbocycles. The fourth-order valence-electron chi connectivity index (χ4n) is 4.97. The van der Waals surface area contributed by atoms with Crippen LogP contribution in [0, 0.1) is 11.3 Å². The van der Waals surface area contributed by atoms with Crippen LogP contribution in [-0.2, 0) is 11.8 Å². The molecule has 2 heterocycles. The number of nitrogens with one attached hydrogen (secondary N) is 1. The van der Waals surface area contributed by atoms with Gasteiger partial charge in [0.25, 0.3) is 5.91 Å². The van der Waals surface area contributed by atoms with Gasteiger partial charge < -0.3 is 20.1 Å². The molecule has 2 aliphatic rings. The third kappa shape index (κ3) is 4.29. The Labute approximate surface area is 204 Å². The van der Waals surface area contributed by atoms with Gasteiger partial charge in [-0.25, -0.2) is 4.68 Å². The molecule has 1 saturated carbocycles. The summed E-state index contributed by atoms with van der Waals surface area (Å²) >= 11 is 0. The van der Waals surface area contributed by atoms with Crippen LogP contribution in [0.25, 0.3) is 5.69 Å². The molecule has 1 fully saturated rings. The van der Waals surface area contributed by atoms with Crippen LogP contribution < -0.4 is 15.0 Å². The van der Waals surface area contributed by atoms with Gasteiger partial charge >= 0.3 is 0 Å². The van der Waals surface area contributed by atoms with Crippen molar-refractivity contribution >= 4 is 11.6 Å². The predicted molar refractivity (Wildman–Crippen MR) is 132 cm³/mol. The molecule has 0 radical (unpaired) electrons. The lowest BCUT2D eigenvalue weighted by Crippen LogP contribution is -2.38. The smallest absolute Gasteiger partial charge is 0.277 e. The van der Waals surface area contributed by atoms with Crippen molar-refractivity contribution in [2.75, 3.05) is 38.3 Å². The Morgan fingerprint density at radius 1 is 1.11 bits per heavy atom. The first-order valence-corrected chi connectivity index (χ1v) is 12.0. The molecule has 5 rings (SSSR count). The van der Waals surface area contributed by atoms with Crippen LogP contribution in [0.3, 0.4) is 0 Å². The number of ether oxygens (including phenoxy) is 1. The predicted octanol–water partition coefficient (Wildman–Crippen LogP) is 2.96. The molecule has 0 spiro atoms. The normalized spacial score (nSPS) is 16.0. The van der Waals surface area contributed by atoms with Gasteiger partial charge in [-0.1, -0.05) is 12.1 Å². The van der Waals surface area contributed by atoms with Gasteiger partial charge in [-0.15, -0.1) is 0 Å². The van der Waals surface area contributed by atoms with Crippen LogP contribution in [0.5, 0.6) is 5.75 Å². The zero-order valence-electron chi connectivity index (χ0n) is 19.8. The highest BCUT2D eigenvalue weighted by molar-refractivity contribution is 6.07. The molecular weight excluding hydrogens is 442 g/mol. The molecule has 1 amide bonds. The zero-order valence-corrected chi connectivity index (χ0v) is 19.8. The van der Waals surface area contributed by atoms with E-state index >= 15 is 0 Å². The average molecular weight is 472 g/mol. The maximum Gasteiger partial charge on any atom is 0.277 e. The van der Waals surface area contributed by atoms with Gasteiger partial charge in [-0.3, -0.25) is 4.79 Å². The van der Waals surface area contributed by atoms with E-state index < -0.39 is 0 Å². The Morgan fingerprint density at radius 3 is 2.46 bits per heavy atom. The second kappa shape index (κ2) is 9.53. The molecule has 180 valence electrons. The van der Waals surface area contributed by atoms with Crippen LogP contribution in [0.4, 0.5) is 5.69 Å². The molecule has 3 aromatic rings. The maximum absolute atomic E-state index is 13.7. The van der Waals surface area contributed by atoms with Crippen LogP contribution in [-0.4, -0.2) is 54.1 Å². The Kier molecular flexibility index (Phi) is 6.29. The van der Waals surface area contributed by atoms with E-state index in [0.717, 1.165) is 31.5 Å². The van der Waals surface area contributed by atoms with E-state index in [4.69, 9.17) is 9.84 Å². The van der Waals surface area contributed by atoms with Gasteiger partial charge in [-0.05, 0) is 79.6 Å². The first-order valence-electron chi connectivity index (χ1n) is 12.0. The van der Waals surface area contributed by atoms with Crippen molar-refractivity contribution in [1.29, 1.82) is 5.26 Å². The van der Waals surface area contributed by atoms with Crippen molar-refractivity contribution in [3.63, 3.8) is 0 Å². The molecule has 8 nitrogen and oxygen atoms in total. The monoisotopic (exact) mass is 471 g/mol. The molecule has 1 aromatic heterocycles. The quantitative estimate of drug-likeness (QED) is 0.465. The van der Waals surface area contributed by atoms with Gasteiger partial charge in [0.1, 0.15) is 17.5 Å². The lowest BCUT2D eigenvalue weighted by atomic mass is 9.92. The summed E-state index contributed by atoms with van der Waals surface area (Å²) in [6.07, 6.45) is 3.94. The summed E-state index contributed by atoms with van der Waals surface area (Å²) in [7, 11) is 1.60. The number of carbonyl (C=O) groups is 1. The van der Waals surface area contributed by atoms with Crippen LogP contribution in [0.15, 0.2) is 48.5 Å². The highest BCUT2D eigenvalue weighted by atomic mass is 16.5. The molecule has 0 saturated heterocycles. The first-order chi connectivity index (χ1) is 17.1. The van der Waals surface area contributed by atoms with Gasteiger partial charge in [0, 0.05) is 24.3 Å². The van der Waals surface area contributed by atoms with Crippen molar-refractivity contribution in [3.8, 4) is 17.5 Å². The Morgan fingerprint density at radius 2 is 1.83 bits per heavy atom.